The zero-order valence-corrected chi connectivity index (χ0v) is 46.9. The first kappa shape index (κ1) is 62.1. The van der Waals surface area contributed by atoms with Gasteiger partial charge >= 0.3 is 23.9 Å². The van der Waals surface area contributed by atoms with Crippen LogP contribution in [-0.2, 0) is 66.3 Å². The van der Waals surface area contributed by atoms with E-state index in [9.17, 15) is 24.0 Å². The van der Waals surface area contributed by atoms with Crippen molar-refractivity contribution < 1.29 is 66.3 Å². The first-order valence-corrected chi connectivity index (χ1v) is 27.9. The van der Waals surface area contributed by atoms with Gasteiger partial charge in [0.25, 0.3) is 8.32 Å². The molecule has 1 amide bonds. The fraction of sp³-hybridized carbons (Fsp3) is 0.696. The van der Waals surface area contributed by atoms with Gasteiger partial charge in [-0.15, -0.1) is 0 Å². The number of ether oxygens (including phenoxy) is 8. The maximum absolute atomic E-state index is 14.4. The Morgan fingerprint density at radius 2 is 0.944 bits per heavy atom. The van der Waals surface area contributed by atoms with Crippen LogP contribution in [-0.4, -0.2) is 119 Å². The van der Waals surface area contributed by atoms with Gasteiger partial charge in [0.15, 0.2) is 6.29 Å². The van der Waals surface area contributed by atoms with Gasteiger partial charge in [-0.1, -0.05) is 120 Å². The van der Waals surface area contributed by atoms with Gasteiger partial charge in [-0.3, -0.25) is 24.0 Å². The number of benzene rings is 2. The molecule has 15 nitrogen and oxygen atoms in total. The summed E-state index contributed by atoms with van der Waals surface area (Å²) in [6.07, 6.45) is 3.56. The van der Waals surface area contributed by atoms with Gasteiger partial charge in [-0.2, -0.15) is 0 Å². The van der Waals surface area contributed by atoms with Crippen molar-refractivity contribution in [1.82, 2.24) is 5.32 Å². The van der Waals surface area contributed by atoms with Gasteiger partial charge in [0.1, 0.15) is 41.2 Å². The summed E-state index contributed by atoms with van der Waals surface area (Å²) in [5, 5.41) is 4.72. The second-order valence-corrected chi connectivity index (χ2v) is 26.8. The first-order valence-electron chi connectivity index (χ1n) is 26.0. The summed E-state index contributed by atoms with van der Waals surface area (Å²) in [7, 11) is -2.01. The Bertz CT molecular complexity index is 1900. The van der Waals surface area contributed by atoms with Crippen molar-refractivity contribution in [1.29, 1.82) is 0 Å². The third kappa shape index (κ3) is 22.5. The minimum absolute atomic E-state index is 0.000632. The molecule has 3 rings (SSSR count). The van der Waals surface area contributed by atoms with Crippen LogP contribution in [0.4, 0.5) is 0 Å². The second kappa shape index (κ2) is 29.6. The molecule has 0 unspecified atom stereocenters. The topological polar surface area (TPSA) is 180 Å². The minimum Gasteiger partial charge on any atom is -0.469 e. The standard InChI is InChI=1S/C56H89NO14Si/c1-53(2,3)68-46(60)34-37-64-40-43-50(65-38-35-47(61)69-54(4,5)6)51(66-39-36-48(62)70-55(7,8)9)49(57-44(58)32-26-18-16-14-15-17-19-27-33-45(59)63-13)52(67-43)71-72(56(10,11)12,41-28-22-20-23-29-41)42-30-24-21-25-31-42/h20-25,28-31,43,49-52H,14-19,26-27,32-40H2,1-13H3,(H,57,58)/t43-,49-,50-,51-,52+/m1/s1. The summed E-state index contributed by atoms with van der Waals surface area (Å²) in [4.78, 5) is 64.9. The molecule has 2 aromatic carbocycles. The number of esters is 4. The fourth-order valence-electron chi connectivity index (χ4n) is 8.62. The molecule has 1 N–H and O–H groups in total. The van der Waals surface area contributed by atoms with Crippen molar-refractivity contribution in [2.24, 2.45) is 0 Å². The lowest BCUT2D eigenvalue weighted by atomic mass is 9.95. The molecule has 1 aliphatic heterocycles. The summed E-state index contributed by atoms with van der Waals surface area (Å²) < 4.78 is 55.9. The number of carbonyl (C=O) groups is 5. The number of nitrogens with one attached hydrogen (secondary N) is 1. The van der Waals surface area contributed by atoms with E-state index in [2.05, 4.69) is 50.4 Å². The quantitative estimate of drug-likeness (QED) is 0.0353. The molecule has 0 saturated carbocycles. The lowest BCUT2D eigenvalue weighted by molar-refractivity contribution is -0.268. The molecular formula is C56H89NO14Si. The lowest BCUT2D eigenvalue weighted by Gasteiger charge is -2.51. The van der Waals surface area contributed by atoms with E-state index in [1.54, 1.807) is 62.3 Å². The Kier molecular flexibility index (Phi) is 25.6. The van der Waals surface area contributed by atoms with Crippen LogP contribution >= 0.6 is 0 Å². The van der Waals surface area contributed by atoms with Gasteiger partial charge in [0, 0.05) is 12.8 Å². The molecule has 1 fully saturated rings. The third-order valence-corrected chi connectivity index (χ3v) is 16.7. The van der Waals surface area contributed by atoms with E-state index >= 15 is 0 Å². The molecule has 0 spiro atoms. The molecule has 1 aliphatic rings. The van der Waals surface area contributed by atoms with E-state index < -0.39 is 78.7 Å². The molecule has 1 saturated heterocycles. The minimum atomic E-state index is -3.42. The van der Waals surface area contributed by atoms with Crippen molar-refractivity contribution in [3.8, 4) is 0 Å². The zero-order chi connectivity index (χ0) is 53.6. The molecule has 16 heteroatoms. The molecule has 0 aliphatic carbocycles. The molecule has 0 bridgehead atoms. The van der Waals surface area contributed by atoms with Gasteiger partial charge in [0.05, 0.1) is 52.8 Å². The largest absolute Gasteiger partial charge is 0.469 e. The average Bonchev–Trinajstić information content (AvgIpc) is 3.27. The highest BCUT2D eigenvalue weighted by atomic mass is 28.4. The normalized spacial score (nSPS) is 18.8. The van der Waals surface area contributed by atoms with Gasteiger partial charge in [-0.25, -0.2) is 0 Å². The highest BCUT2D eigenvalue weighted by Crippen LogP contribution is 2.40. The Morgan fingerprint density at radius 3 is 1.38 bits per heavy atom. The van der Waals surface area contributed by atoms with Crippen molar-refractivity contribution in [3.63, 3.8) is 0 Å². The monoisotopic (exact) mass is 1030 g/mol. The Morgan fingerprint density at radius 1 is 0.528 bits per heavy atom. The van der Waals surface area contributed by atoms with Gasteiger partial charge < -0.3 is 47.6 Å². The maximum Gasteiger partial charge on any atom is 0.308 e. The molecule has 5 atom stereocenters. The molecule has 72 heavy (non-hydrogen) atoms. The van der Waals surface area contributed by atoms with Crippen molar-refractivity contribution in [2.45, 2.75) is 219 Å². The number of rotatable bonds is 29. The molecular weight excluding hydrogens is 939 g/mol. The molecule has 1 heterocycles. The SMILES string of the molecule is COC(=O)CCCCCCCCCCC(=O)N[C@H]1[C@H](O[Si](c2ccccc2)(c2ccccc2)C(C)(C)C)O[C@H](COCCC(=O)OC(C)(C)C)[C@@H](OCCC(=O)OC(C)(C)C)[C@@H]1OCCC(=O)OC(C)(C)C. The van der Waals surface area contributed by atoms with Crippen LogP contribution in [0.5, 0.6) is 0 Å². The highest BCUT2D eigenvalue weighted by Gasteiger charge is 2.57. The molecule has 2 aromatic rings. The molecule has 0 aromatic heterocycles. The van der Waals surface area contributed by atoms with Gasteiger partial charge in [-0.05, 0) is 90.6 Å². The van der Waals surface area contributed by atoms with Crippen LogP contribution in [0.3, 0.4) is 0 Å². The predicted octanol–water partition coefficient (Wildman–Crippen LogP) is 8.83. The van der Waals surface area contributed by atoms with E-state index in [1.807, 2.05) is 36.4 Å². The highest BCUT2D eigenvalue weighted by molar-refractivity contribution is 6.99. The van der Waals surface area contributed by atoms with E-state index in [1.165, 1.54) is 7.11 Å². The van der Waals surface area contributed by atoms with Crippen molar-refractivity contribution in [3.05, 3.63) is 60.7 Å². The van der Waals surface area contributed by atoms with E-state index in [0.29, 0.717) is 12.8 Å². The number of unbranched alkanes of at least 4 members (excludes halogenated alkanes) is 7. The third-order valence-electron chi connectivity index (χ3n) is 11.7. The van der Waals surface area contributed by atoms with Crippen LogP contribution < -0.4 is 15.7 Å². The van der Waals surface area contributed by atoms with Crippen LogP contribution in [0.25, 0.3) is 0 Å². The van der Waals surface area contributed by atoms with Crippen LogP contribution in [0.1, 0.15) is 167 Å². The van der Waals surface area contributed by atoms with Crippen LogP contribution in [0.15, 0.2) is 60.7 Å². The predicted molar refractivity (Wildman–Crippen MR) is 279 cm³/mol. The Balaban J connectivity index is 2.11. The first-order chi connectivity index (χ1) is 33.7. The summed E-state index contributed by atoms with van der Waals surface area (Å²) >= 11 is 0. The van der Waals surface area contributed by atoms with E-state index in [0.717, 1.165) is 55.3 Å². The summed E-state index contributed by atoms with van der Waals surface area (Å²) in [5.74, 6) is -1.80. The summed E-state index contributed by atoms with van der Waals surface area (Å²) in [5.41, 5.74) is -2.14. The number of hydrogen-bond acceptors (Lipinski definition) is 14. The number of hydrogen-bond donors (Lipinski definition) is 1. The number of amides is 1. The average molecular weight is 1030 g/mol. The smallest absolute Gasteiger partial charge is 0.308 e. The van der Waals surface area contributed by atoms with Crippen molar-refractivity contribution >= 4 is 48.5 Å². The van der Waals surface area contributed by atoms with Crippen molar-refractivity contribution in [2.75, 3.05) is 33.5 Å². The Hall–Kier alpha value is -4.19. The Labute approximate surface area is 431 Å². The van der Waals surface area contributed by atoms with E-state index in [-0.39, 0.29) is 64.0 Å². The second-order valence-electron chi connectivity index (χ2n) is 22.6. The molecule has 0 radical (unpaired) electrons. The number of carbonyl (C=O) groups excluding carboxylic acids is 5. The van der Waals surface area contributed by atoms with E-state index in [4.69, 9.17) is 42.3 Å². The summed E-state index contributed by atoms with van der Waals surface area (Å²) in [6.45, 7) is 22.3. The fourth-order valence-corrected chi connectivity index (χ4v) is 13.2. The lowest BCUT2D eigenvalue weighted by Crippen LogP contribution is -2.73. The van der Waals surface area contributed by atoms with Crippen LogP contribution in [0, 0.1) is 0 Å². The molecule has 406 valence electrons. The number of methoxy groups -OCH3 is 1. The maximum atomic E-state index is 14.4. The van der Waals surface area contributed by atoms with Gasteiger partial charge in [0.2, 0.25) is 5.91 Å². The van der Waals surface area contributed by atoms with Crippen LogP contribution in [0.2, 0.25) is 5.04 Å². The zero-order valence-electron chi connectivity index (χ0n) is 45.9. The summed E-state index contributed by atoms with van der Waals surface area (Å²) in [6, 6.07) is 19.1.